The molecule has 0 spiro atoms. The largest absolute Gasteiger partial charge is 0.490 e. The van der Waals surface area contributed by atoms with Crippen LogP contribution in [0.3, 0.4) is 0 Å². The minimum absolute atomic E-state index is 0.214. The topological polar surface area (TPSA) is 92.2 Å². The van der Waals surface area contributed by atoms with Gasteiger partial charge in [-0.3, -0.25) is 5.43 Å². The van der Waals surface area contributed by atoms with E-state index in [1.807, 2.05) is 13.8 Å². The molecule has 0 unspecified atom stereocenters. The van der Waals surface area contributed by atoms with Crippen LogP contribution in [0.15, 0.2) is 41.5 Å². The average Bonchev–Trinajstić information content (AvgIpc) is 2.68. The first-order chi connectivity index (χ1) is 13.9. The van der Waals surface area contributed by atoms with Crippen molar-refractivity contribution >= 4 is 41.1 Å². The van der Waals surface area contributed by atoms with E-state index in [-0.39, 0.29) is 12.2 Å². The number of hydrogen-bond acceptors (Lipinski definition) is 5. The summed E-state index contributed by atoms with van der Waals surface area (Å²) in [7, 11) is 0. The fourth-order valence-corrected chi connectivity index (χ4v) is 2.80. The average molecular weight is 436 g/mol. The lowest BCUT2D eigenvalue weighted by Gasteiger charge is -2.14. The molecule has 0 fully saturated rings. The molecule has 0 bridgehead atoms. The van der Waals surface area contributed by atoms with Gasteiger partial charge in [0.25, 0.3) is 0 Å². The molecule has 0 aromatic heterocycles. The van der Waals surface area contributed by atoms with Gasteiger partial charge in [-0.15, -0.1) is 0 Å². The van der Waals surface area contributed by atoms with Crippen LogP contribution in [0.1, 0.15) is 35.3 Å². The molecule has 0 aliphatic rings. The molecule has 0 amide bonds. The highest BCUT2D eigenvalue weighted by atomic mass is 35.5. The highest BCUT2D eigenvalue weighted by molar-refractivity contribution is 7.80. The molecule has 0 heterocycles. The normalized spacial score (nSPS) is 10.6. The van der Waals surface area contributed by atoms with Crippen LogP contribution < -0.4 is 20.2 Å². The molecule has 154 valence electrons. The van der Waals surface area contributed by atoms with E-state index in [9.17, 15) is 4.79 Å². The summed E-state index contributed by atoms with van der Waals surface area (Å²) in [6.45, 7) is 5.15. The summed E-state index contributed by atoms with van der Waals surface area (Å²) in [4.78, 5) is 10.9. The van der Waals surface area contributed by atoms with E-state index in [1.165, 1.54) is 12.1 Å². The van der Waals surface area contributed by atoms with Crippen LogP contribution in [-0.4, -0.2) is 35.6 Å². The number of hydrazone groups is 1. The van der Waals surface area contributed by atoms with Crippen molar-refractivity contribution in [2.24, 2.45) is 5.10 Å². The van der Waals surface area contributed by atoms with Crippen LogP contribution in [0.25, 0.3) is 0 Å². The van der Waals surface area contributed by atoms with Crippen molar-refractivity contribution in [1.82, 2.24) is 10.7 Å². The van der Waals surface area contributed by atoms with E-state index in [0.717, 1.165) is 5.56 Å². The fourth-order valence-electron chi connectivity index (χ4n) is 2.33. The number of rotatable bonds is 9. The second-order valence-corrected chi connectivity index (χ2v) is 6.60. The Kier molecular flexibility index (Phi) is 8.69. The second kappa shape index (κ2) is 11.2. The lowest BCUT2D eigenvalue weighted by Crippen LogP contribution is -2.31. The van der Waals surface area contributed by atoms with Gasteiger partial charge in [-0.2, -0.15) is 5.10 Å². The number of nitrogens with one attached hydrogen (secondary N) is 2. The molecule has 0 saturated carbocycles. The molecular formula is C20H22ClN3O4S. The van der Waals surface area contributed by atoms with E-state index in [0.29, 0.717) is 40.3 Å². The summed E-state index contributed by atoms with van der Waals surface area (Å²) in [6.07, 6.45) is 1.58. The maximum atomic E-state index is 10.9. The summed E-state index contributed by atoms with van der Waals surface area (Å²) in [6, 6.07) is 9.90. The summed E-state index contributed by atoms with van der Waals surface area (Å²) in [5, 5.41) is 16.8. The Morgan fingerprint density at radius 3 is 2.59 bits per heavy atom. The van der Waals surface area contributed by atoms with Crippen molar-refractivity contribution in [3.63, 3.8) is 0 Å². The Hall–Kier alpha value is -2.84. The second-order valence-electron chi connectivity index (χ2n) is 5.78. The van der Waals surface area contributed by atoms with E-state index < -0.39 is 5.97 Å². The van der Waals surface area contributed by atoms with Crippen molar-refractivity contribution in [2.45, 2.75) is 20.5 Å². The van der Waals surface area contributed by atoms with Gasteiger partial charge in [-0.05, 0) is 61.5 Å². The van der Waals surface area contributed by atoms with Gasteiger partial charge in [0.05, 0.1) is 23.4 Å². The van der Waals surface area contributed by atoms with Gasteiger partial charge < -0.3 is 19.9 Å². The molecule has 9 heteroatoms. The number of carboxylic acids is 1. The lowest BCUT2D eigenvalue weighted by molar-refractivity contribution is 0.0697. The van der Waals surface area contributed by atoms with Gasteiger partial charge in [0.1, 0.15) is 6.61 Å². The summed E-state index contributed by atoms with van der Waals surface area (Å²) in [5.74, 6) is -0.0842. The molecule has 2 aromatic rings. The van der Waals surface area contributed by atoms with Crippen LogP contribution >= 0.6 is 23.8 Å². The molecule has 0 atom stereocenters. The van der Waals surface area contributed by atoms with Crippen molar-refractivity contribution in [1.29, 1.82) is 0 Å². The predicted molar refractivity (Wildman–Crippen MR) is 117 cm³/mol. The van der Waals surface area contributed by atoms with Gasteiger partial charge >= 0.3 is 5.97 Å². The van der Waals surface area contributed by atoms with Crippen molar-refractivity contribution in [3.8, 4) is 11.5 Å². The van der Waals surface area contributed by atoms with Crippen molar-refractivity contribution in [3.05, 3.63) is 58.1 Å². The van der Waals surface area contributed by atoms with Gasteiger partial charge in [-0.1, -0.05) is 23.7 Å². The zero-order valence-electron chi connectivity index (χ0n) is 16.1. The fraction of sp³-hybridized carbons (Fsp3) is 0.250. The van der Waals surface area contributed by atoms with Gasteiger partial charge in [0, 0.05) is 6.54 Å². The van der Waals surface area contributed by atoms with Crippen molar-refractivity contribution < 1.29 is 19.4 Å². The maximum Gasteiger partial charge on any atom is 0.335 e. The first kappa shape index (κ1) is 22.4. The van der Waals surface area contributed by atoms with Crippen LogP contribution in [0.2, 0.25) is 5.02 Å². The first-order valence-corrected chi connectivity index (χ1v) is 9.71. The van der Waals surface area contributed by atoms with Crippen LogP contribution in [-0.2, 0) is 6.61 Å². The molecule has 29 heavy (non-hydrogen) atoms. The molecule has 0 aliphatic carbocycles. The quantitative estimate of drug-likeness (QED) is 0.313. The minimum Gasteiger partial charge on any atom is -0.490 e. The number of hydrogen-bond donors (Lipinski definition) is 3. The number of carboxylic acid groups (broad SMARTS) is 1. The van der Waals surface area contributed by atoms with Crippen LogP contribution in [0, 0.1) is 0 Å². The lowest BCUT2D eigenvalue weighted by atomic mass is 10.1. The summed E-state index contributed by atoms with van der Waals surface area (Å²) >= 11 is 11.4. The van der Waals surface area contributed by atoms with Gasteiger partial charge in [0.15, 0.2) is 16.6 Å². The number of ether oxygens (including phenoxy) is 2. The maximum absolute atomic E-state index is 10.9. The standard InChI is InChI=1S/C20H22ClN3O4S/c1-3-22-20(29)24-23-11-14-9-16(21)18(17(10-14)27-4-2)28-12-13-5-7-15(8-6-13)19(25)26/h5-11H,3-4,12H2,1-2H3,(H,25,26)(H2,22,24,29)/b23-11-. The van der Waals surface area contributed by atoms with E-state index in [4.69, 9.17) is 38.4 Å². The van der Waals surface area contributed by atoms with E-state index >= 15 is 0 Å². The smallest absolute Gasteiger partial charge is 0.335 e. The van der Waals surface area contributed by atoms with Crippen LogP contribution in [0.5, 0.6) is 11.5 Å². The minimum atomic E-state index is -0.975. The number of benzene rings is 2. The molecule has 0 radical (unpaired) electrons. The number of carbonyl (C=O) groups is 1. The Labute approximate surface area is 179 Å². The zero-order chi connectivity index (χ0) is 21.2. The molecule has 2 rings (SSSR count). The summed E-state index contributed by atoms with van der Waals surface area (Å²) < 4.78 is 11.5. The van der Waals surface area contributed by atoms with E-state index in [1.54, 1.807) is 30.5 Å². The molecule has 3 N–H and O–H groups in total. The Balaban J connectivity index is 2.13. The number of aromatic carboxylic acids is 1. The number of halogens is 1. The first-order valence-electron chi connectivity index (χ1n) is 8.92. The van der Waals surface area contributed by atoms with Gasteiger partial charge in [-0.25, -0.2) is 4.79 Å². The van der Waals surface area contributed by atoms with Crippen molar-refractivity contribution in [2.75, 3.05) is 13.2 Å². The Bertz CT molecular complexity index is 888. The molecule has 7 nitrogen and oxygen atoms in total. The third-order valence-corrected chi connectivity index (χ3v) is 4.15. The monoisotopic (exact) mass is 435 g/mol. The zero-order valence-corrected chi connectivity index (χ0v) is 17.6. The number of nitrogens with zero attached hydrogens (tertiary/aromatic N) is 1. The SMILES string of the molecule is CCNC(=S)N/N=C\c1cc(Cl)c(OCc2ccc(C(=O)O)cc2)c(OCC)c1. The van der Waals surface area contributed by atoms with E-state index in [2.05, 4.69) is 15.8 Å². The molecule has 0 aliphatic heterocycles. The third kappa shape index (κ3) is 6.92. The number of thiocarbonyl (C=S) groups is 1. The highest BCUT2D eigenvalue weighted by Gasteiger charge is 2.13. The molecule has 0 saturated heterocycles. The third-order valence-electron chi connectivity index (χ3n) is 3.63. The Morgan fingerprint density at radius 2 is 1.97 bits per heavy atom. The highest BCUT2D eigenvalue weighted by Crippen LogP contribution is 2.37. The summed E-state index contributed by atoms with van der Waals surface area (Å²) in [5.41, 5.74) is 4.44. The van der Waals surface area contributed by atoms with Gasteiger partial charge in [0.2, 0.25) is 0 Å². The van der Waals surface area contributed by atoms with Crippen LogP contribution in [0.4, 0.5) is 0 Å². The molecular weight excluding hydrogens is 414 g/mol. The predicted octanol–water partition coefficient (Wildman–Crippen LogP) is 3.83. The Morgan fingerprint density at radius 1 is 1.24 bits per heavy atom. The molecule has 2 aromatic carbocycles.